The number of aromatic nitrogens is 3. The molecule has 2 unspecified atom stereocenters. The maximum atomic E-state index is 13.8. The van der Waals surface area contributed by atoms with Gasteiger partial charge in [0, 0.05) is 23.4 Å². The predicted molar refractivity (Wildman–Crippen MR) is 113 cm³/mol. The van der Waals surface area contributed by atoms with Crippen LogP contribution in [0.4, 0.5) is 10.2 Å². The predicted octanol–water partition coefficient (Wildman–Crippen LogP) is 3.71. The summed E-state index contributed by atoms with van der Waals surface area (Å²) in [7, 11) is 0. The zero-order valence-electron chi connectivity index (χ0n) is 17.3. The Kier molecular flexibility index (Phi) is 4.00. The van der Waals surface area contributed by atoms with Crippen molar-refractivity contribution in [1.82, 2.24) is 15.0 Å². The van der Waals surface area contributed by atoms with Crippen molar-refractivity contribution in [3.63, 3.8) is 0 Å². The largest absolute Gasteiger partial charge is 0.489 e. The summed E-state index contributed by atoms with van der Waals surface area (Å²) < 4.78 is 20.2. The lowest BCUT2D eigenvalue weighted by molar-refractivity contribution is -0.124. The van der Waals surface area contributed by atoms with Crippen LogP contribution in [0, 0.1) is 46.2 Å². The fraction of sp³-hybridized carbons (Fsp3) is 0.375. The van der Waals surface area contributed by atoms with Crippen molar-refractivity contribution in [1.29, 1.82) is 5.26 Å². The minimum absolute atomic E-state index is 0.0116. The molecule has 4 fully saturated rings. The number of hydrogen-bond donors (Lipinski definition) is 1. The first kappa shape index (κ1) is 19.1. The number of hydrogen-bond acceptors (Lipinski definition) is 6. The minimum Gasteiger partial charge on any atom is -0.489 e. The molecular weight excluding hydrogens is 409 g/mol. The van der Waals surface area contributed by atoms with E-state index in [4.69, 9.17) is 10.00 Å². The number of carbonyl (C=O) groups is 1. The van der Waals surface area contributed by atoms with E-state index < -0.39 is 0 Å². The second-order valence-corrected chi connectivity index (χ2v) is 9.15. The van der Waals surface area contributed by atoms with E-state index in [2.05, 4.69) is 20.3 Å². The maximum Gasteiger partial charge on any atom is 0.228 e. The number of halogens is 1. The van der Waals surface area contributed by atoms with Crippen molar-refractivity contribution in [3.05, 3.63) is 54.4 Å². The summed E-state index contributed by atoms with van der Waals surface area (Å²) in [6, 6.07) is 8.21. The second-order valence-electron chi connectivity index (χ2n) is 9.15. The molecule has 8 heteroatoms. The Morgan fingerprint density at radius 1 is 1.28 bits per heavy atom. The zero-order valence-corrected chi connectivity index (χ0v) is 17.3. The number of ether oxygens (including phenoxy) is 1. The molecule has 0 saturated heterocycles. The van der Waals surface area contributed by atoms with Crippen LogP contribution in [0.1, 0.15) is 25.5 Å². The number of nitrogens with zero attached hydrogens (tertiary/aromatic N) is 4. The summed E-state index contributed by atoms with van der Waals surface area (Å²) in [5.41, 5.74) is 1.08. The lowest BCUT2D eigenvalue weighted by Gasteiger charge is -2.39. The number of anilines is 1. The minimum atomic E-state index is -0.318. The number of carbonyl (C=O) groups excluding carboxylic acids is 1. The Morgan fingerprint density at radius 3 is 2.94 bits per heavy atom. The Bertz CT molecular complexity index is 1290. The molecule has 32 heavy (non-hydrogen) atoms. The van der Waals surface area contributed by atoms with E-state index in [1.54, 1.807) is 18.3 Å². The Hall–Kier alpha value is -3.60. The van der Waals surface area contributed by atoms with Gasteiger partial charge in [0.15, 0.2) is 11.5 Å². The van der Waals surface area contributed by atoms with Crippen molar-refractivity contribution in [2.75, 3.05) is 5.32 Å². The van der Waals surface area contributed by atoms with Gasteiger partial charge in [0.25, 0.3) is 0 Å². The number of fused-ring (bicyclic) bond motifs is 2. The lowest BCUT2D eigenvalue weighted by atomic mass is 9.65. The van der Waals surface area contributed by atoms with Gasteiger partial charge in [0.05, 0.1) is 17.9 Å². The molecule has 2 aromatic heterocycles. The highest BCUT2D eigenvalue weighted by atomic mass is 19.1. The van der Waals surface area contributed by atoms with Crippen LogP contribution >= 0.6 is 0 Å². The molecule has 7 rings (SSSR count). The van der Waals surface area contributed by atoms with Gasteiger partial charge in [-0.25, -0.2) is 14.4 Å². The van der Waals surface area contributed by atoms with Gasteiger partial charge in [-0.1, -0.05) is 6.92 Å². The number of pyridine rings is 1. The van der Waals surface area contributed by atoms with Crippen LogP contribution in [0.15, 0.2) is 42.9 Å². The van der Waals surface area contributed by atoms with E-state index in [9.17, 15) is 9.18 Å². The Morgan fingerprint density at radius 2 is 2.16 bits per heavy atom. The van der Waals surface area contributed by atoms with E-state index in [0.717, 1.165) is 12.8 Å². The van der Waals surface area contributed by atoms with Crippen LogP contribution in [0.25, 0.3) is 10.9 Å². The standard InChI is InChI=1S/C24H20FN5O2/c1-12(23(31)30-20-11-28-14(9-26)10-29-20)22-21-16-7-24(16,22)8-19(21)32-18-4-5-27-17-3-2-13(25)6-15(17)18/h2-6,10-12,16,19,21-22H,7-8H2,1H3,(H,29,30,31)/t12?,16-,19+,21?,22+,24-/m0/s1. The number of nitrogens with one attached hydrogen (secondary N) is 1. The van der Waals surface area contributed by atoms with Gasteiger partial charge in [-0.2, -0.15) is 5.26 Å². The van der Waals surface area contributed by atoms with Crippen molar-refractivity contribution in [2.24, 2.45) is 29.1 Å². The molecule has 0 radical (unpaired) electrons. The van der Waals surface area contributed by atoms with Crippen molar-refractivity contribution in [2.45, 2.75) is 25.9 Å². The molecule has 2 bridgehead atoms. The average Bonchev–Trinajstić information content (AvgIpc) is 3.11. The topological polar surface area (TPSA) is 101 Å². The third kappa shape index (κ3) is 2.70. The summed E-state index contributed by atoms with van der Waals surface area (Å²) in [4.78, 5) is 25.3. The highest BCUT2D eigenvalue weighted by molar-refractivity contribution is 5.92. The molecule has 3 aromatic rings. The first-order chi connectivity index (χ1) is 15.5. The van der Waals surface area contributed by atoms with Crippen LogP contribution in [-0.2, 0) is 4.79 Å². The molecular formula is C24H20FN5O2. The lowest BCUT2D eigenvalue weighted by Crippen LogP contribution is -2.43. The summed E-state index contributed by atoms with van der Waals surface area (Å²) in [6.45, 7) is 1.96. The molecule has 2 heterocycles. The van der Waals surface area contributed by atoms with Gasteiger partial charge in [-0.3, -0.25) is 9.78 Å². The van der Waals surface area contributed by atoms with E-state index in [-0.39, 0.29) is 40.8 Å². The van der Waals surface area contributed by atoms with Crippen LogP contribution in [0.5, 0.6) is 5.75 Å². The second kappa shape index (κ2) is 6.70. The van der Waals surface area contributed by atoms with Crippen LogP contribution in [-0.4, -0.2) is 27.0 Å². The quantitative estimate of drug-likeness (QED) is 0.664. The summed E-state index contributed by atoms with van der Waals surface area (Å²) in [5, 5.41) is 12.3. The van der Waals surface area contributed by atoms with E-state index in [1.807, 2.05) is 13.0 Å². The monoisotopic (exact) mass is 429 g/mol. The number of nitriles is 1. The first-order valence-electron chi connectivity index (χ1n) is 10.7. The fourth-order valence-corrected chi connectivity index (χ4v) is 6.30. The molecule has 4 aliphatic carbocycles. The fourth-order valence-electron chi connectivity index (χ4n) is 6.30. The highest BCUT2D eigenvalue weighted by Crippen LogP contribution is 2.84. The third-order valence-electron chi connectivity index (χ3n) is 7.64. The molecule has 1 amide bonds. The van der Waals surface area contributed by atoms with E-state index in [1.165, 1.54) is 24.5 Å². The number of benzene rings is 1. The zero-order chi connectivity index (χ0) is 22.0. The van der Waals surface area contributed by atoms with E-state index >= 15 is 0 Å². The highest BCUT2D eigenvalue weighted by Gasteiger charge is 2.82. The van der Waals surface area contributed by atoms with E-state index in [0.29, 0.717) is 34.3 Å². The summed E-state index contributed by atoms with van der Waals surface area (Å²) in [5.74, 6) is 1.53. The summed E-state index contributed by atoms with van der Waals surface area (Å²) in [6.07, 6.45) is 6.49. The molecule has 4 aliphatic rings. The molecule has 160 valence electrons. The molecule has 0 aliphatic heterocycles. The van der Waals surface area contributed by atoms with Crippen molar-refractivity contribution in [3.8, 4) is 11.8 Å². The molecule has 1 N–H and O–H groups in total. The molecule has 4 saturated carbocycles. The number of amides is 1. The van der Waals surface area contributed by atoms with Crippen LogP contribution in [0.3, 0.4) is 0 Å². The average molecular weight is 429 g/mol. The van der Waals surface area contributed by atoms with Crippen LogP contribution < -0.4 is 10.1 Å². The van der Waals surface area contributed by atoms with Gasteiger partial charge in [-0.05, 0) is 54.4 Å². The smallest absolute Gasteiger partial charge is 0.228 e. The Balaban J connectivity index is 1.19. The van der Waals surface area contributed by atoms with Gasteiger partial charge in [0.2, 0.25) is 5.91 Å². The molecule has 1 spiro atoms. The van der Waals surface area contributed by atoms with Gasteiger partial charge >= 0.3 is 0 Å². The molecule has 1 aromatic carbocycles. The van der Waals surface area contributed by atoms with Gasteiger partial charge < -0.3 is 10.1 Å². The Labute approximate surface area is 183 Å². The first-order valence-corrected chi connectivity index (χ1v) is 10.7. The SMILES string of the molecule is CC(C(=O)Nc1cnc(C#N)cn1)[C@@H]1C2[C@H](Oc3ccnc4ccc(F)cc34)C[C@]13C[C@@H]23. The van der Waals surface area contributed by atoms with Crippen molar-refractivity contribution >= 4 is 22.6 Å². The molecule has 7 nitrogen and oxygen atoms in total. The molecule has 6 atom stereocenters. The van der Waals surface area contributed by atoms with Gasteiger partial charge in [-0.15, -0.1) is 0 Å². The maximum absolute atomic E-state index is 13.8. The normalized spacial score (nSPS) is 30.0. The van der Waals surface area contributed by atoms with Crippen molar-refractivity contribution < 1.29 is 13.9 Å². The van der Waals surface area contributed by atoms with Gasteiger partial charge in [0.1, 0.15) is 23.7 Å². The summed E-state index contributed by atoms with van der Waals surface area (Å²) >= 11 is 0. The van der Waals surface area contributed by atoms with Crippen LogP contribution in [0.2, 0.25) is 0 Å². The third-order valence-corrected chi connectivity index (χ3v) is 7.64. The number of rotatable bonds is 5.